The predicted molar refractivity (Wildman–Crippen MR) is 93.1 cm³/mol. The van der Waals surface area contributed by atoms with E-state index in [4.69, 9.17) is 14.2 Å². The lowest BCUT2D eigenvalue weighted by Gasteiger charge is -2.07. The normalized spacial score (nSPS) is 16.8. The minimum atomic E-state index is -0.179. The second-order valence-electron chi connectivity index (χ2n) is 5.53. The number of para-hydroxylation sites is 1. The van der Waals surface area contributed by atoms with Crippen LogP contribution in [0.2, 0.25) is 0 Å². The fraction of sp³-hybridized carbons (Fsp3) is 0.167. The maximum atomic E-state index is 12.3. The highest BCUT2D eigenvalue weighted by Crippen LogP contribution is 2.41. The van der Waals surface area contributed by atoms with E-state index in [-0.39, 0.29) is 12.7 Å². The molecule has 2 aliphatic rings. The van der Waals surface area contributed by atoms with Crippen LogP contribution in [0.15, 0.2) is 46.6 Å². The molecule has 0 aromatic heterocycles. The van der Waals surface area contributed by atoms with Crippen molar-refractivity contribution in [3.63, 3.8) is 0 Å². The molecule has 0 spiro atoms. The van der Waals surface area contributed by atoms with Crippen LogP contribution in [0, 0.1) is 0 Å². The largest absolute Gasteiger partial charge is 0.493 e. The molecule has 2 aromatic rings. The van der Waals surface area contributed by atoms with Crippen LogP contribution in [0.25, 0.3) is 0 Å². The second kappa shape index (κ2) is 5.94. The van der Waals surface area contributed by atoms with Gasteiger partial charge in [-0.15, -0.1) is 5.10 Å². The standard InChI is InChI=1S/C18H15N3O4/c1-21-13-6-4-3-5-12(13)16(18(21)22)20-19-9-11-7-14(23-2)17-15(8-11)24-10-25-17/h3-9H,10H2,1-2H3/b19-9-,20-16-. The molecule has 0 atom stereocenters. The van der Waals surface area contributed by atoms with E-state index in [9.17, 15) is 4.79 Å². The fourth-order valence-corrected chi connectivity index (χ4v) is 2.82. The van der Waals surface area contributed by atoms with E-state index in [0.717, 1.165) is 16.8 Å². The molecule has 0 aliphatic carbocycles. The van der Waals surface area contributed by atoms with Crippen molar-refractivity contribution in [2.75, 3.05) is 25.9 Å². The molecule has 0 saturated heterocycles. The molecule has 7 heteroatoms. The zero-order valence-corrected chi connectivity index (χ0v) is 13.7. The molecule has 0 bridgehead atoms. The summed E-state index contributed by atoms with van der Waals surface area (Å²) in [6, 6.07) is 11.0. The Hall–Kier alpha value is -3.35. The van der Waals surface area contributed by atoms with E-state index in [0.29, 0.717) is 23.0 Å². The molecule has 25 heavy (non-hydrogen) atoms. The summed E-state index contributed by atoms with van der Waals surface area (Å²) in [5.74, 6) is 1.55. The summed E-state index contributed by atoms with van der Waals surface area (Å²) in [5.41, 5.74) is 2.65. The molecular weight excluding hydrogens is 322 g/mol. The summed E-state index contributed by atoms with van der Waals surface area (Å²) in [7, 11) is 3.28. The van der Waals surface area contributed by atoms with E-state index < -0.39 is 0 Å². The van der Waals surface area contributed by atoms with E-state index >= 15 is 0 Å². The van der Waals surface area contributed by atoms with Gasteiger partial charge < -0.3 is 19.1 Å². The second-order valence-corrected chi connectivity index (χ2v) is 5.53. The number of amides is 1. The van der Waals surface area contributed by atoms with Crippen molar-refractivity contribution in [2.24, 2.45) is 10.2 Å². The smallest absolute Gasteiger partial charge is 0.279 e. The summed E-state index contributed by atoms with van der Waals surface area (Å²) in [6.07, 6.45) is 1.55. The molecule has 0 saturated carbocycles. The van der Waals surface area contributed by atoms with Gasteiger partial charge in [-0.05, 0) is 18.2 Å². The summed E-state index contributed by atoms with van der Waals surface area (Å²) >= 11 is 0. The number of methoxy groups -OCH3 is 1. The maximum absolute atomic E-state index is 12.3. The maximum Gasteiger partial charge on any atom is 0.279 e. The van der Waals surface area contributed by atoms with Gasteiger partial charge in [-0.25, -0.2) is 0 Å². The average molecular weight is 337 g/mol. The van der Waals surface area contributed by atoms with Crippen LogP contribution in [0.3, 0.4) is 0 Å². The van der Waals surface area contributed by atoms with Gasteiger partial charge in [0.2, 0.25) is 12.5 Å². The molecule has 0 radical (unpaired) electrons. The van der Waals surface area contributed by atoms with E-state index in [2.05, 4.69) is 10.2 Å². The molecule has 7 nitrogen and oxygen atoms in total. The minimum Gasteiger partial charge on any atom is -0.493 e. The summed E-state index contributed by atoms with van der Waals surface area (Å²) < 4.78 is 16.0. The topological polar surface area (TPSA) is 72.7 Å². The first-order valence-corrected chi connectivity index (χ1v) is 7.65. The van der Waals surface area contributed by atoms with E-state index in [1.165, 1.54) is 0 Å². The number of anilines is 1. The number of hydrogen-bond acceptors (Lipinski definition) is 6. The van der Waals surface area contributed by atoms with Gasteiger partial charge in [0.15, 0.2) is 17.2 Å². The highest BCUT2D eigenvalue weighted by Gasteiger charge is 2.31. The number of carbonyl (C=O) groups is 1. The summed E-state index contributed by atoms with van der Waals surface area (Å²) in [4.78, 5) is 13.9. The van der Waals surface area contributed by atoms with E-state index in [1.807, 2.05) is 24.3 Å². The number of ether oxygens (including phenoxy) is 3. The Bertz CT molecular complexity index is 921. The van der Waals surface area contributed by atoms with Gasteiger partial charge in [-0.3, -0.25) is 4.79 Å². The molecule has 126 valence electrons. The molecule has 0 N–H and O–H groups in total. The third kappa shape index (κ3) is 2.50. The molecule has 1 amide bonds. The van der Waals surface area contributed by atoms with Crippen molar-refractivity contribution in [2.45, 2.75) is 0 Å². The molecule has 0 fully saturated rings. The van der Waals surface area contributed by atoms with Crippen molar-refractivity contribution in [1.29, 1.82) is 0 Å². The average Bonchev–Trinajstić information content (AvgIpc) is 3.20. The third-order valence-corrected chi connectivity index (χ3v) is 4.07. The summed E-state index contributed by atoms with van der Waals surface area (Å²) in [6.45, 7) is 0.159. The number of rotatable bonds is 3. The number of hydrogen-bond donors (Lipinski definition) is 0. The monoisotopic (exact) mass is 337 g/mol. The zero-order valence-electron chi connectivity index (χ0n) is 13.7. The van der Waals surface area contributed by atoms with Gasteiger partial charge in [0, 0.05) is 18.2 Å². The van der Waals surface area contributed by atoms with Crippen LogP contribution in [-0.2, 0) is 4.79 Å². The highest BCUT2D eigenvalue weighted by atomic mass is 16.7. The van der Waals surface area contributed by atoms with Crippen molar-refractivity contribution in [3.8, 4) is 17.2 Å². The Kier molecular flexibility index (Phi) is 3.61. The van der Waals surface area contributed by atoms with Gasteiger partial charge in [0.25, 0.3) is 5.91 Å². The highest BCUT2D eigenvalue weighted by molar-refractivity contribution is 6.54. The van der Waals surface area contributed by atoms with Crippen LogP contribution < -0.4 is 19.1 Å². The lowest BCUT2D eigenvalue weighted by molar-refractivity contribution is -0.111. The molecular formula is C18H15N3O4. The lowest BCUT2D eigenvalue weighted by Crippen LogP contribution is -2.25. The van der Waals surface area contributed by atoms with E-state index in [1.54, 1.807) is 37.4 Å². The molecule has 2 aromatic carbocycles. The quantitative estimate of drug-likeness (QED) is 0.636. The minimum absolute atomic E-state index is 0.159. The number of carbonyl (C=O) groups excluding carboxylic acids is 1. The molecule has 4 rings (SSSR count). The SMILES string of the molecule is COc1cc(/C=N\N=C2/C(=O)N(C)c3ccccc32)cc2c1OCO2. The van der Waals surface area contributed by atoms with Gasteiger partial charge in [0.05, 0.1) is 19.0 Å². The Labute approximate surface area is 144 Å². The molecule has 0 unspecified atom stereocenters. The number of nitrogens with zero attached hydrogens (tertiary/aromatic N) is 3. The number of likely N-dealkylation sites (N-methyl/N-ethyl adjacent to an activating group) is 1. The van der Waals surface area contributed by atoms with Gasteiger partial charge in [-0.2, -0.15) is 5.10 Å². The number of benzene rings is 2. The predicted octanol–water partition coefficient (Wildman–Crippen LogP) is 2.22. The van der Waals surface area contributed by atoms with Crippen molar-refractivity contribution >= 4 is 23.5 Å². The van der Waals surface area contributed by atoms with Gasteiger partial charge in [0.1, 0.15) is 0 Å². The van der Waals surface area contributed by atoms with Crippen LogP contribution in [0.1, 0.15) is 11.1 Å². The molecule has 2 aliphatic heterocycles. The first-order valence-electron chi connectivity index (χ1n) is 7.65. The fourth-order valence-electron chi connectivity index (χ4n) is 2.82. The zero-order chi connectivity index (χ0) is 17.4. The molecule has 2 heterocycles. The van der Waals surface area contributed by atoms with Crippen LogP contribution >= 0.6 is 0 Å². The number of fused-ring (bicyclic) bond motifs is 2. The Morgan fingerprint density at radius 1 is 1.24 bits per heavy atom. The van der Waals surface area contributed by atoms with Crippen LogP contribution in [0.4, 0.5) is 5.69 Å². The van der Waals surface area contributed by atoms with Crippen molar-refractivity contribution in [1.82, 2.24) is 0 Å². The third-order valence-electron chi connectivity index (χ3n) is 4.07. The Morgan fingerprint density at radius 3 is 2.92 bits per heavy atom. The first-order chi connectivity index (χ1) is 12.2. The van der Waals surface area contributed by atoms with Crippen molar-refractivity contribution < 1.29 is 19.0 Å². The Balaban J connectivity index is 1.65. The van der Waals surface area contributed by atoms with Crippen LogP contribution in [0.5, 0.6) is 17.2 Å². The Morgan fingerprint density at radius 2 is 2.08 bits per heavy atom. The van der Waals surface area contributed by atoms with Gasteiger partial charge >= 0.3 is 0 Å². The summed E-state index contributed by atoms with van der Waals surface area (Å²) in [5, 5.41) is 8.19. The van der Waals surface area contributed by atoms with Gasteiger partial charge in [-0.1, -0.05) is 18.2 Å². The van der Waals surface area contributed by atoms with Crippen LogP contribution in [-0.4, -0.2) is 38.8 Å². The first kappa shape index (κ1) is 15.2. The lowest BCUT2D eigenvalue weighted by atomic mass is 10.1. The van der Waals surface area contributed by atoms with Crippen molar-refractivity contribution in [3.05, 3.63) is 47.5 Å².